The topological polar surface area (TPSA) is 63.6 Å². The summed E-state index contributed by atoms with van der Waals surface area (Å²) in [6, 6.07) is 18.5. The van der Waals surface area contributed by atoms with E-state index in [1.54, 1.807) is 25.4 Å². The highest BCUT2D eigenvalue weighted by atomic mass is 35.5. The highest BCUT2D eigenvalue weighted by Crippen LogP contribution is 2.26. The Morgan fingerprint density at radius 1 is 1.06 bits per heavy atom. The summed E-state index contributed by atoms with van der Waals surface area (Å²) in [5.74, 6) is 0.601. The molecule has 0 aliphatic carbocycles. The van der Waals surface area contributed by atoms with Crippen LogP contribution in [0.4, 0.5) is 0 Å². The van der Waals surface area contributed by atoms with E-state index in [-0.39, 0.29) is 17.5 Å². The number of amides is 1. The van der Waals surface area contributed by atoms with Crippen LogP contribution >= 0.6 is 11.6 Å². The maximum absolute atomic E-state index is 13.0. The molecule has 0 spiro atoms. The fourth-order valence-electron chi connectivity index (χ4n) is 4.23. The molecule has 1 amide bonds. The van der Waals surface area contributed by atoms with Crippen molar-refractivity contribution < 1.29 is 9.53 Å². The predicted molar refractivity (Wildman–Crippen MR) is 130 cm³/mol. The van der Waals surface area contributed by atoms with Crippen molar-refractivity contribution >= 4 is 17.5 Å². The Balaban J connectivity index is 1.49. The molecule has 172 valence electrons. The number of methoxy groups -OCH3 is 1. The number of carbonyl (C=O) groups excluding carboxylic acids is 1. The minimum Gasteiger partial charge on any atom is -0.497 e. The number of ether oxygens (including phenoxy) is 1. The minimum atomic E-state index is -0.208. The van der Waals surface area contributed by atoms with Crippen molar-refractivity contribution in [3.05, 3.63) is 98.9 Å². The van der Waals surface area contributed by atoms with Crippen molar-refractivity contribution in [3.63, 3.8) is 0 Å². The van der Waals surface area contributed by atoms with Crippen LogP contribution < -0.4 is 15.6 Å². The van der Waals surface area contributed by atoms with Crippen LogP contribution in [0.2, 0.25) is 5.02 Å². The smallest absolute Gasteiger partial charge is 0.252 e. The summed E-state index contributed by atoms with van der Waals surface area (Å²) in [4.78, 5) is 27.7. The monoisotopic (exact) mass is 465 g/mol. The van der Waals surface area contributed by atoms with Gasteiger partial charge in [0.1, 0.15) is 5.75 Å². The molecule has 3 aromatic rings. The number of nitrogens with zero attached hydrogens (tertiary/aromatic N) is 2. The molecule has 1 N–H and O–H groups in total. The van der Waals surface area contributed by atoms with E-state index in [1.807, 2.05) is 30.3 Å². The Morgan fingerprint density at radius 2 is 1.79 bits per heavy atom. The molecule has 1 aliphatic rings. The third-order valence-corrected chi connectivity index (χ3v) is 6.45. The SMILES string of the molecule is COc1ccc(C(CNC(=O)c2ccc(=O)n(Cc3ccccc3Cl)c2)N2CCCC2)cc1. The van der Waals surface area contributed by atoms with Gasteiger partial charge in [0.05, 0.1) is 25.3 Å². The zero-order valence-corrected chi connectivity index (χ0v) is 19.4. The normalized spacial score (nSPS) is 14.7. The van der Waals surface area contributed by atoms with E-state index in [9.17, 15) is 9.59 Å². The molecule has 1 aliphatic heterocycles. The fraction of sp³-hybridized carbons (Fsp3) is 0.308. The summed E-state index contributed by atoms with van der Waals surface area (Å²) in [6.07, 6.45) is 3.92. The molecule has 0 saturated carbocycles. The van der Waals surface area contributed by atoms with Gasteiger partial charge in [-0.15, -0.1) is 0 Å². The van der Waals surface area contributed by atoms with Gasteiger partial charge in [0, 0.05) is 23.8 Å². The zero-order chi connectivity index (χ0) is 23.2. The maximum atomic E-state index is 13.0. The number of pyridine rings is 1. The standard InChI is InChI=1S/C26H28ClN3O3/c1-33-22-11-8-19(9-12-22)24(29-14-4-5-15-29)16-28-26(32)21-10-13-25(31)30(18-21)17-20-6-2-3-7-23(20)27/h2-3,6-13,18,24H,4-5,14-17H2,1H3,(H,28,32). The number of carbonyl (C=O) groups is 1. The number of benzene rings is 2. The summed E-state index contributed by atoms with van der Waals surface area (Å²) >= 11 is 6.25. The molecular formula is C26H28ClN3O3. The number of rotatable bonds is 8. The van der Waals surface area contributed by atoms with Gasteiger partial charge in [-0.25, -0.2) is 0 Å². The van der Waals surface area contributed by atoms with E-state index in [0.29, 0.717) is 23.7 Å². The first-order valence-corrected chi connectivity index (χ1v) is 11.5. The molecule has 6 nitrogen and oxygen atoms in total. The number of nitrogens with one attached hydrogen (secondary N) is 1. The van der Waals surface area contributed by atoms with Gasteiger partial charge in [-0.1, -0.05) is 41.9 Å². The second-order valence-electron chi connectivity index (χ2n) is 8.22. The Bertz CT molecular complexity index is 1150. The molecule has 0 radical (unpaired) electrons. The van der Waals surface area contributed by atoms with Crippen molar-refractivity contribution in [2.24, 2.45) is 0 Å². The van der Waals surface area contributed by atoms with Crippen LogP contribution in [0.3, 0.4) is 0 Å². The molecule has 2 heterocycles. The highest BCUT2D eigenvalue weighted by molar-refractivity contribution is 6.31. The summed E-state index contributed by atoms with van der Waals surface area (Å²) in [7, 11) is 1.65. The lowest BCUT2D eigenvalue weighted by molar-refractivity contribution is 0.0937. The van der Waals surface area contributed by atoms with Gasteiger partial charge >= 0.3 is 0 Å². The lowest BCUT2D eigenvalue weighted by Gasteiger charge is -2.28. The van der Waals surface area contributed by atoms with Crippen molar-refractivity contribution in [2.75, 3.05) is 26.7 Å². The summed E-state index contributed by atoms with van der Waals surface area (Å²) in [6.45, 7) is 2.81. The lowest BCUT2D eigenvalue weighted by atomic mass is 10.0. The largest absolute Gasteiger partial charge is 0.497 e. The van der Waals surface area contributed by atoms with Crippen LogP contribution in [0.5, 0.6) is 5.75 Å². The molecule has 33 heavy (non-hydrogen) atoms. The number of halogens is 1. The summed E-state index contributed by atoms with van der Waals surface area (Å²) in [5, 5.41) is 3.66. The fourth-order valence-corrected chi connectivity index (χ4v) is 4.42. The second kappa shape index (κ2) is 10.7. The third kappa shape index (κ3) is 5.64. The number of hydrogen-bond donors (Lipinski definition) is 1. The molecule has 7 heteroatoms. The van der Waals surface area contributed by atoms with Crippen LogP contribution in [0.25, 0.3) is 0 Å². The Hall–Kier alpha value is -3.09. The molecule has 1 fully saturated rings. The van der Waals surface area contributed by atoms with E-state index < -0.39 is 0 Å². The highest BCUT2D eigenvalue weighted by Gasteiger charge is 2.24. The average molecular weight is 466 g/mol. The van der Waals surface area contributed by atoms with Crippen LogP contribution in [-0.4, -0.2) is 42.1 Å². The molecule has 0 bridgehead atoms. The summed E-state index contributed by atoms with van der Waals surface area (Å²) in [5.41, 5.74) is 2.23. The van der Waals surface area contributed by atoms with Crippen LogP contribution in [0.1, 0.15) is 40.4 Å². The average Bonchev–Trinajstić information content (AvgIpc) is 3.37. The predicted octanol–water partition coefficient (Wildman–Crippen LogP) is 4.13. The molecular weight excluding hydrogens is 438 g/mol. The van der Waals surface area contributed by atoms with Gasteiger partial charge in [0.25, 0.3) is 11.5 Å². The zero-order valence-electron chi connectivity index (χ0n) is 18.7. The third-order valence-electron chi connectivity index (χ3n) is 6.08. The van der Waals surface area contributed by atoms with E-state index in [4.69, 9.17) is 16.3 Å². The van der Waals surface area contributed by atoms with Crippen molar-refractivity contribution in [3.8, 4) is 5.75 Å². The van der Waals surface area contributed by atoms with E-state index in [2.05, 4.69) is 22.3 Å². The minimum absolute atomic E-state index is 0.0800. The van der Waals surface area contributed by atoms with Crippen molar-refractivity contribution in [1.82, 2.24) is 14.8 Å². The molecule has 2 aromatic carbocycles. The van der Waals surface area contributed by atoms with Crippen LogP contribution in [0.15, 0.2) is 71.7 Å². The van der Waals surface area contributed by atoms with Gasteiger partial charge in [-0.3, -0.25) is 14.5 Å². The number of likely N-dealkylation sites (tertiary alicyclic amines) is 1. The first kappa shape index (κ1) is 23.1. The van der Waals surface area contributed by atoms with Crippen molar-refractivity contribution in [2.45, 2.75) is 25.4 Å². The van der Waals surface area contributed by atoms with E-state index in [0.717, 1.165) is 42.8 Å². The number of aromatic nitrogens is 1. The second-order valence-corrected chi connectivity index (χ2v) is 8.62. The lowest BCUT2D eigenvalue weighted by Crippen LogP contribution is -2.37. The van der Waals surface area contributed by atoms with Gasteiger partial charge in [0.2, 0.25) is 0 Å². The maximum Gasteiger partial charge on any atom is 0.252 e. The first-order valence-electron chi connectivity index (χ1n) is 11.2. The Kier molecular flexibility index (Phi) is 7.47. The molecule has 1 unspecified atom stereocenters. The number of hydrogen-bond acceptors (Lipinski definition) is 4. The van der Waals surface area contributed by atoms with E-state index in [1.165, 1.54) is 10.6 Å². The van der Waals surface area contributed by atoms with Crippen molar-refractivity contribution in [1.29, 1.82) is 0 Å². The van der Waals surface area contributed by atoms with Gasteiger partial charge in [0.15, 0.2) is 0 Å². The summed E-state index contributed by atoms with van der Waals surface area (Å²) < 4.78 is 6.79. The quantitative estimate of drug-likeness (QED) is 0.543. The van der Waals surface area contributed by atoms with Gasteiger partial charge < -0.3 is 14.6 Å². The van der Waals surface area contributed by atoms with Gasteiger partial charge in [-0.2, -0.15) is 0 Å². The Labute approximate surface area is 198 Å². The van der Waals surface area contributed by atoms with Crippen LogP contribution in [-0.2, 0) is 6.54 Å². The van der Waals surface area contributed by atoms with E-state index >= 15 is 0 Å². The molecule has 1 atom stereocenters. The molecule has 4 rings (SSSR count). The Morgan fingerprint density at radius 3 is 2.48 bits per heavy atom. The first-order chi connectivity index (χ1) is 16.0. The van der Waals surface area contributed by atoms with Crippen LogP contribution in [0, 0.1) is 0 Å². The van der Waals surface area contributed by atoms with Gasteiger partial charge in [-0.05, 0) is 61.3 Å². The molecule has 1 aromatic heterocycles. The molecule has 1 saturated heterocycles.